The van der Waals surface area contributed by atoms with Crippen molar-refractivity contribution in [3.63, 3.8) is 0 Å². The highest BCUT2D eigenvalue weighted by atomic mass is 32.2. The molecule has 4 nitrogen and oxygen atoms in total. The number of hydrogen-bond donors (Lipinski definition) is 2. The first kappa shape index (κ1) is 16.2. The van der Waals surface area contributed by atoms with Gasteiger partial charge in [0.1, 0.15) is 10.3 Å². The highest BCUT2D eigenvalue weighted by molar-refractivity contribution is 8.16. The van der Waals surface area contributed by atoms with Gasteiger partial charge in [0.15, 0.2) is 5.17 Å². The molecule has 1 heterocycles. The van der Waals surface area contributed by atoms with Gasteiger partial charge in [0.2, 0.25) is 0 Å². The van der Waals surface area contributed by atoms with Crippen LogP contribution in [0.3, 0.4) is 0 Å². The Kier molecular flexibility index (Phi) is 3.77. The van der Waals surface area contributed by atoms with E-state index >= 15 is 0 Å². The second-order valence-electron chi connectivity index (χ2n) is 7.72. The van der Waals surface area contributed by atoms with Crippen LogP contribution in [-0.2, 0) is 10.4 Å². The molecule has 5 heteroatoms. The zero-order valence-electron chi connectivity index (χ0n) is 14.2. The van der Waals surface area contributed by atoms with Crippen LogP contribution in [0.5, 0.6) is 0 Å². The number of fused-ring (bicyclic) bond motifs is 2. The third kappa shape index (κ3) is 2.40. The van der Waals surface area contributed by atoms with Gasteiger partial charge >= 0.3 is 0 Å². The fourth-order valence-electron chi connectivity index (χ4n) is 4.45. The number of thioether (sulfide) groups is 1. The first-order valence-corrected chi connectivity index (χ1v) is 9.58. The number of aliphatic imine (C=N–C) groups is 1. The summed E-state index contributed by atoms with van der Waals surface area (Å²) < 4.78 is -1.01. The molecule has 24 heavy (non-hydrogen) atoms. The molecule has 1 aliphatic heterocycles. The minimum Gasteiger partial charge on any atom is -0.383 e. The van der Waals surface area contributed by atoms with Crippen LogP contribution < -0.4 is 5.32 Å². The number of rotatable bonds is 3. The van der Waals surface area contributed by atoms with Gasteiger partial charge in [-0.05, 0) is 50.5 Å². The van der Waals surface area contributed by atoms with Gasteiger partial charge in [0.05, 0.1) is 0 Å². The lowest BCUT2D eigenvalue weighted by atomic mass is 9.82. The van der Waals surface area contributed by atoms with E-state index in [0.717, 1.165) is 17.4 Å². The van der Waals surface area contributed by atoms with Crippen LogP contribution in [0.4, 0.5) is 0 Å². The van der Waals surface area contributed by atoms with Crippen molar-refractivity contribution < 1.29 is 9.90 Å². The van der Waals surface area contributed by atoms with Gasteiger partial charge in [-0.15, -0.1) is 0 Å². The number of benzene rings is 1. The summed E-state index contributed by atoms with van der Waals surface area (Å²) in [5, 5.41) is 15.3. The van der Waals surface area contributed by atoms with E-state index in [2.05, 4.69) is 10.3 Å². The maximum Gasteiger partial charge on any atom is 0.267 e. The largest absolute Gasteiger partial charge is 0.383 e. The van der Waals surface area contributed by atoms with Crippen molar-refractivity contribution in [1.82, 2.24) is 5.32 Å². The molecule has 0 aromatic heterocycles. The van der Waals surface area contributed by atoms with Crippen LogP contribution in [0, 0.1) is 11.8 Å². The number of amidine groups is 1. The van der Waals surface area contributed by atoms with Crippen molar-refractivity contribution in [2.45, 2.75) is 55.9 Å². The molecule has 2 unspecified atom stereocenters. The molecule has 4 rings (SSSR count). The van der Waals surface area contributed by atoms with E-state index in [0.29, 0.717) is 11.2 Å². The van der Waals surface area contributed by atoms with Crippen molar-refractivity contribution >= 4 is 22.8 Å². The summed E-state index contributed by atoms with van der Waals surface area (Å²) in [6.45, 7) is 3.51. The Hall–Kier alpha value is -1.33. The average molecular weight is 344 g/mol. The van der Waals surface area contributed by atoms with Crippen LogP contribution in [0.15, 0.2) is 35.3 Å². The molecule has 2 saturated carbocycles. The Morgan fingerprint density at radius 2 is 2.04 bits per heavy atom. The Bertz CT molecular complexity index is 688. The summed E-state index contributed by atoms with van der Waals surface area (Å²) in [6.07, 6.45) is 5.13. The van der Waals surface area contributed by atoms with Crippen LogP contribution in [0.2, 0.25) is 0 Å². The molecular weight excluding hydrogens is 320 g/mol. The standard InChI is InChI=1S/C19H24N2O2S/c1-18(23,14-6-4-3-5-7-14)19(2)16(22)21-17(24-19)20-15-11-12-8-9-13(15)10-12/h3-7,12-13,15,23H,8-11H2,1-2H3,(H,20,21,22)/t12-,13+,15+,18?,19?/m1/s1. The molecule has 128 valence electrons. The lowest BCUT2D eigenvalue weighted by Gasteiger charge is -2.37. The third-order valence-electron chi connectivity index (χ3n) is 6.22. The van der Waals surface area contributed by atoms with E-state index in [4.69, 9.17) is 0 Å². The molecular formula is C19H24N2O2S. The number of nitrogens with zero attached hydrogens (tertiary/aromatic N) is 1. The molecule has 0 radical (unpaired) electrons. The number of aliphatic hydroxyl groups is 1. The van der Waals surface area contributed by atoms with Crippen molar-refractivity contribution in [1.29, 1.82) is 0 Å². The van der Waals surface area contributed by atoms with Gasteiger partial charge in [-0.25, -0.2) is 0 Å². The second-order valence-corrected chi connectivity index (χ2v) is 9.13. The molecule has 0 spiro atoms. The lowest BCUT2D eigenvalue weighted by Crippen LogP contribution is -2.49. The normalized spacial score (nSPS) is 37.4. The lowest BCUT2D eigenvalue weighted by molar-refractivity contribution is -0.126. The summed E-state index contributed by atoms with van der Waals surface area (Å²) in [5.74, 6) is 1.30. The van der Waals surface area contributed by atoms with E-state index in [1.54, 1.807) is 13.8 Å². The summed E-state index contributed by atoms with van der Waals surface area (Å²) in [6, 6.07) is 9.83. The maximum atomic E-state index is 12.7. The average Bonchev–Trinajstić information content (AvgIpc) is 3.24. The van der Waals surface area contributed by atoms with Gasteiger partial charge in [0, 0.05) is 6.04 Å². The van der Waals surface area contributed by atoms with Crippen LogP contribution in [0.1, 0.15) is 45.1 Å². The number of carbonyl (C=O) groups is 1. The van der Waals surface area contributed by atoms with Crippen molar-refractivity contribution in [3.8, 4) is 0 Å². The van der Waals surface area contributed by atoms with Crippen molar-refractivity contribution in [2.24, 2.45) is 16.8 Å². The molecule has 3 aliphatic rings. The molecule has 5 atom stereocenters. The van der Waals surface area contributed by atoms with Gasteiger partial charge in [-0.1, -0.05) is 48.5 Å². The quantitative estimate of drug-likeness (QED) is 0.885. The topological polar surface area (TPSA) is 61.7 Å². The van der Waals surface area contributed by atoms with Gasteiger partial charge < -0.3 is 10.4 Å². The van der Waals surface area contributed by atoms with Crippen molar-refractivity contribution in [3.05, 3.63) is 35.9 Å². The highest BCUT2D eigenvalue weighted by Crippen LogP contribution is 2.48. The van der Waals surface area contributed by atoms with Gasteiger partial charge in [0.25, 0.3) is 5.91 Å². The molecule has 1 amide bonds. The predicted octanol–water partition coefficient (Wildman–Crippen LogP) is 3.06. The van der Waals surface area contributed by atoms with Crippen LogP contribution in [0.25, 0.3) is 0 Å². The van der Waals surface area contributed by atoms with Crippen LogP contribution in [-0.4, -0.2) is 27.0 Å². The highest BCUT2D eigenvalue weighted by Gasteiger charge is 2.55. The first-order valence-electron chi connectivity index (χ1n) is 8.77. The zero-order chi connectivity index (χ0) is 16.9. The monoisotopic (exact) mass is 344 g/mol. The Balaban J connectivity index is 1.52. The molecule has 1 aromatic rings. The van der Waals surface area contributed by atoms with E-state index in [1.807, 2.05) is 30.3 Å². The van der Waals surface area contributed by atoms with E-state index in [-0.39, 0.29) is 5.91 Å². The fourth-order valence-corrected chi connectivity index (χ4v) is 5.62. The maximum absolute atomic E-state index is 12.7. The molecule has 1 aromatic carbocycles. The number of amides is 1. The Morgan fingerprint density at radius 1 is 1.29 bits per heavy atom. The number of hydrogen-bond acceptors (Lipinski definition) is 4. The molecule has 2 aliphatic carbocycles. The zero-order valence-corrected chi connectivity index (χ0v) is 15.0. The summed E-state index contributed by atoms with van der Waals surface area (Å²) in [5.41, 5.74) is -0.540. The number of carbonyl (C=O) groups excluding carboxylic acids is 1. The van der Waals surface area contributed by atoms with E-state index in [1.165, 1.54) is 37.4 Å². The van der Waals surface area contributed by atoms with Crippen LogP contribution >= 0.6 is 11.8 Å². The SMILES string of the molecule is CC1(C(C)(O)c2ccccc2)SC(N[C@H]2C[C@@H]3CC[C@H]2C3)=NC1=O. The second kappa shape index (κ2) is 5.60. The van der Waals surface area contributed by atoms with Gasteiger partial charge in [-0.2, -0.15) is 4.99 Å². The molecule has 2 N–H and O–H groups in total. The van der Waals surface area contributed by atoms with E-state index < -0.39 is 10.3 Å². The molecule has 0 saturated heterocycles. The van der Waals surface area contributed by atoms with E-state index in [9.17, 15) is 9.90 Å². The summed E-state index contributed by atoms with van der Waals surface area (Å²) >= 11 is 1.38. The molecule has 2 fully saturated rings. The Labute approximate surface area is 147 Å². The minimum absolute atomic E-state index is 0.257. The third-order valence-corrected chi connectivity index (χ3v) is 7.61. The first-order chi connectivity index (χ1) is 11.4. The fraction of sp³-hybridized carbons (Fsp3) is 0.579. The molecule has 2 bridgehead atoms. The smallest absolute Gasteiger partial charge is 0.267 e. The predicted molar refractivity (Wildman–Crippen MR) is 96.8 cm³/mol. The summed E-state index contributed by atoms with van der Waals surface area (Å²) in [7, 11) is 0. The Morgan fingerprint density at radius 3 is 2.67 bits per heavy atom. The minimum atomic E-state index is -1.28. The van der Waals surface area contributed by atoms with Crippen molar-refractivity contribution in [2.75, 3.05) is 0 Å². The van der Waals surface area contributed by atoms with Gasteiger partial charge in [-0.3, -0.25) is 4.79 Å². The summed E-state index contributed by atoms with van der Waals surface area (Å²) in [4.78, 5) is 16.9. The number of nitrogens with one attached hydrogen (secondary N) is 1.